The molecule has 1 saturated heterocycles. The van der Waals surface area contributed by atoms with Crippen molar-refractivity contribution in [3.8, 4) is 0 Å². The first-order valence-electron chi connectivity index (χ1n) is 9.10. The minimum absolute atomic E-state index is 0.0987. The van der Waals surface area contributed by atoms with Crippen LogP contribution >= 0.6 is 0 Å². The smallest absolute Gasteiger partial charge is 0.309 e. The fourth-order valence-corrected chi connectivity index (χ4v) is 3.09. The van der Waals surface area contributed by atoms with Gasteiger partial charge in [-0.1, -0.05) is 19.1 Å². The summed E-state index contributed by atoms with van der Waals surface area (Å²) in [6, 6.07) is 8.51. The normalized spacial score (nSPS) is 15.6. The molecule has 1 aliphatic heterocycles. The lowest BCUT2D eigenvalue weighted by Gasteiger charge is -2.28. The molecule has 2 rings (SSSR count). The molecule has 6 nitrogen and oxygen atoms in total. The molecule has 0 bridgehead atoms. The molecule has 0 aliphatic carbocycles. The lowest BCUT2D eigenvalue weighted by atomic mass is 10.0. The van der Waals surface area contributed by atoms with Gasteiger partial charge in [-0.3, -0.25) is 14.5 Å². The van der Waals surface area contributed by atoms with E-state index < -0.39 is 11.8 Å². The Kier molecular flexibility index (Phi) is 7.25. The van der Waals surface area contributed by atoms with Crippen LogP contribution in [0.25, 0.3) is 0 Å². The molecule has 0 radical (unpaired) electrons. The molecule has 25 heavy (non-hydrogen) atoms. The third-order valence-electron chi connectivity index (χ3n) is 4.57. The van der Waals surface area contributed by atoms with E-state index in [-0.39, 0.29) is 6.04 Å². The zero-order valence-corrected chi connectivity index (χ0v) is 15.5. The minimum Gasteiger partial charge on any atom is -0.378 e. The Morgan fingerprint density at radius 1 is 1.08 bits per heavy atom. The van der Waals surface area contributed by atoms with Gasteiger partial charge in [0.25, 0.3) is 0 Å². The molecule has 1 aromatic carbocycles. The van der Waals surface area contributed by atoms with Crippen LogP contribution in [0.1, 0.15) is 37.8 Å². The van der Waals surface area contributed by atoms with Crippen molar-refractivity contribution in [2.75, 3.05) is 45.2 Å². The number of anilines is 1. The van der Waals surface area contributed by atoms with Crippen molar-refractivity contribution in [1.29, 1.82) is 0 Å². The fourth-order valence-electron chi connectivity index (χ4n) is 3.09. The van der Waals surface area contributed by atoms with Crippen LogP contribution in [-0.4, -0.2) is 57.0 Å². The molecule has 0 saturated carbocycles. The van der Waals surface area contributed by atoms with Crippen LogP contribution in [0.5, 0.6) is 0 Å². The molecule has 2 N–H and O–H groups in total. The van der Waals surface area contributed by atoms with Crippen LogP contribution in [0.3, 0.4) is 0 Å². The van der Waals surface area contributed by atoms with E-state index in [1.54, 1.807) is 0 Å². The molecule has 1 aromatic rings. The zero-order chi connectivity index (χ0) is 18.2. The Balaban J connectivity index is 2.03. The van der Waals surface area contributed by atoms with Crippen LogP contribution in [-0.2, 0) is 9.59 Å². The van der Waals surface area contributed by atoms with E-state index in [1.165, 1.54) is 18.4 Å². The van der Waals surface area contributed by atoms with Gasteiger partial charge in [0.15, 0.2) is 0 Å². The molecule has 138 valence electrons. The van der Waals surface area contributed by atoms with Gasteiger partial charge in [0, 0.05) is 32.9 Å². The van der Waals surface area contributed by atoms with E-state index in [0.717, 1.165) is 25.2 Å². The Morgan fingerprint density at radius 2 is 1.68 bits per heavy atom. The Labute approximate surface area is 150 Å². The van der Waals surface area contributed by atoms with Crippen molar-refractivity contribution in [2.24, 2.45) is 0 Å². The third-order valence-corrected chi connectivity index (χ3v) is 4.57. The first kappa shape index (κ1) is 19.2. The maximum Gasteiger partial charge on any atom is 0.309 e. The van der Waals surface area contributed by atoms with Gasteiger partial charge < -0.3 is 15.5 Å². The lowest BCUT2D eigenvalue weighted by Crippen LogP contribution is -2.44. The van der Waals surface area contributed by atoms with Crippen molar-refractivity contribution >= 4 is 17.5 Å². The van der Waals surface area contributed by atoms with Crippen molar-refractivity contribution in [1.82, 2.24) is 15.5 Å². The summed E-state index contributed by atoms with van der Waals surface area (Å²) in [7, 11) is 4.03. The number of hydrogen-bond acceptors (Lipinski definition) is 4. The average molecular weight is 346 g/mol. The van der Waals surface area contributed by atoms with Crippen LogP contribution in [0, 0.1) is 0 Å². The molecule has 2 amide bonds. The largest absolute Gasteiger partial charge is 0.378 e. The number of carbonyl (C=O) groups is 2. The van der Waals surface area contributed by atoms with Gasteiger partial charge in [-0.05, 0) is 50.0 Å². The second-order valence-corrected chi connectivity index (χ2v) is 6.71. The number of nitrogens with zero attached hydrogens (tertiary/aromatic N) is 2. The van der Waals surface area contributed by atoms with E-state index in [9.17, 15) is 9.59 Å². The van der Waals surface area contributed by atoms with Gasteiger partial charge in [-0.25, -0.2) is 0 Å². The van der Waals surface area contributed by atoms with E-state index >= 15 is 0 Å². The maximum atomic E-state index is 12.0. The number of rotatable bonds is 7. The second-order valence-electron chi connectivity index (χ2n) is 6.71. The summed E-state index contributed by atoms with van der Waals surface area (Å²) in [5.41, 5.74) is 2.31. The zero-order valence-electron chi connectivity index (χ0n) is 15.5. The molecule has 0 aromatic heterocycles. The summed E-state index contributed by atoms with van der Waals surface area (Å²) >= 11 is 0. The maximum absolute atomic E-state index is 12.0. The van der Waals surface area contributed by atoms with Crippen LogP contribution in [0.2, 0.25) is 0 Å². The fraction of sp³-hybridized carbons (Fsp3) is 0.579. The summed E-state index contributed by atoms with van der Waals surface area (Å²) in [5, 5.41) is 5.42. The third kappa shape index (κ3) is 5.46. The summed E-state index contributed by atoms with van der Waals surface area (Å²) in [5.74, 6) is -1.10. The van der Waals surface area contributed by atoms with Crippen LogP contribution in [0.15, 0.2) is 24.3 Å². The Morgan fingerprint density at radius 3 is 2.24 bits per heavy atom. The molecule has 1 fully saturated rings. The Hall–Kier alpha value is -2.08. The molecule has 1 heterocycles. The lowest BCUT2D eigenvalue weighted by molar-refractivity contribution is -0.139. The van der Waals surface area contributed by atoms with Crippen molar-refractivity contribution in [3.05, 3.63) is 29.8 Å². The molecule has 0 spiro atoms. The van der Waals surface area contributed by atoms with Crippen molar-refractivity contribution in [2.45, 2.75) is 32.2 Å². The molecular weight excluding hydrogens is 316 g/mol. The van der Waals surface area contributed by atoms with E-state index in [4.69, 9.17) is 0 Å². The first-order chi connectivity index (χ1) is 12.0. The number of nitrogens with one attached hydrogen (secondary N) is 2. The van der Waals surface area contributed by atoms with E-state index in [0.29, 0.717) is 13.1 Å². The van der Waals surface area contributed by atoms with Crippen molar-refractivity contribution in [3.63, 3.8) is 0 Å². The first-order valence-corrected chi connectivity index (χ1v) is 9.10. The van der Waals surface area contributed by atoms with Gasteiger partial charge in [0.2, 0.25) is 0 Å². The topological polar surface area (TPSA) is 64.7 Å². The molecular formula is C19H30N4O2. The number of benzene rings is 1. The SMILES string of the molecule is CCCNC(=O)C(=O)NC[C@H](c1ccc(N(C)C)cc1)N1CCCC1. The summed E-state index contributed by atoms with van der Waals surface area (Å²) in [6.07, 6.45) is 3.17. The summed E-state index contributed by atoms with van der Waals surface area (Å²) in [4.78, 5) is 28.2. The van der Waals surface area contributed by atoms with E-state index in [1.807, 2.05) is 21.0 Å². The van der Waals surface area contributed by atoms with Gasteiger partial charge in [-0.2, -0.15) is 0 Å². The number of amides is 2. The van der Waals surface area contributed by atoms with Gasteiger partial charge in [0.05, 0.1) is 6.04 Å². The number of likely N-dealkylation sites (tertiary alicyclic amines) is 1. The highest BCUT2D eigenvalue weighted by molar-refractivity contribution is 6.35. The highest BCUT2D eigenvalue weighted by atomic mass is 16.2. The monoisotopic (exact) mass is 346 g/mol. The van der Waals surface area contributed by atoms with Crippen LogP contribution in [0.4, 0.5) is 5.69 Å². The molecule has 1 aliphatic rings. The second kappa shape index (κ2) is 9.42. The highest BCUT2D eigenvalue weighted by Gasteiger charge is 2.25. The highest BCUT2D eigenvalue weighted by Crippen LogP contribution is 2.26. The van der Waals surface area contributed by atoms with Crippen molar-refractivity contribution < 1.29 is 9.59 Å². The van der Waals surface area contributed by atoms with Gasteiger partial charge >= 0.3 is 11.8 Å². The van der Waals surface area contributed by atoms with E-state index in [2.05, 4.69) is 44.7 Å². The standard InChI is InChI=1S/C19H30N4O2/c1-4-11-20-18(24)19(25)21-14-17(23-12-5-6-13-23)15-7-9-16(10-8-15)22(2)3/h7-10,17H,4-6,11-14H2,1-3H3,(H,20,24)(H,21,25)/t17-/m1/s1. The number of hydrogen-bond donors (Lipinski definition) is 2. The quantitative estimate of drug-likeness (QED) is 0.735. The Bertz CT molecular complexity index is 565. The number of carbonyl (C=O) groups excluding carboxylic acids is 2. The molecule has 0 unspecified atom stereocenters. The van der Waals surface area contributed by atoms with Crippen LogP contribution < -0.4 is 15.5 Å². The minimum atomic E-state index is -0.553. The predicted octanol–water partition coefficient (Wildman–Crippen LogP) is 1.53. The van der Waals surface area contributed by atoms with Gasteiger partial charge in [0.1, 0.15) is 0 Å². The van der Waals surface area contributed by atoms with Gasteiger partial charge in [-0.15, -0.1) is 0 Å². The average Bonchev–Trinajstić information content (AvgIpc) is 3.14. The summed E-state index contributed by atoms with van der Waals surface area (Å²) in [6.45, 7) is 4.97. The predicted molar refractivity (Wildman–Crippen MR) is 101 cm³/mol. The molecule has 1 atom stereocenters. The summed E-state index contributed by atoms with van der Waals surface area (Å²) < 4.78 is 0. The molecule has 6 heteroatoms.